The minimum Gasteiger partial charge on any atom is -0.463 e. The molecule has 0 aliphatic rings. The summed E-state index contributed by atoms with van der Waals surface area (Å²) in [6.07, 6.45) is 82.5. The first kappa shape index (κ1) is 90.7. The molecule has 0 radical (unpaired) electrons. The molecular formula is C77H130O16P2. The monoisotopic (exact) mass is 1370 g/mol. The van der Waals surface area contributed by atoms with Crippen molar-refractivity contribution in [3.63, 3.8) is 0 Å². The Kier molecular flexibility index (Phi) is 66.4. The number of aliphatic hydroxyl groups is 2. The van der Waals surface area contributed by atoms with Crippen molar-refractivity contribution >= 4 is 33.6 Å². The van der Waals surface area contributed by atoms with Crippen LogP contribution in [0.2, 0.25) is 0 Å². The maximum absolute atomic E-state index is 12.9. The number of hydrogen-bond donors (Lipinski definition) is 4. The Morgan fingerprint density at radius 2 is 0.579 bits per heavy atom. The van der Waals surface area contributed by atoms with Crippen LogP contribution in [0.1, 0.15) is 278 Å². The maximum atomic E-state index is 12.9. The minimum atomic E-state index is -4.94. The number of phosphoric ester groups is 2. The smallest absolute Gasteiger partial charge is 0.463 e. The summed E-state index contributed by atoms with van der Waals surface area (Å²) < 4.78 is 60.8. The number of rotatable bonds is 68. The van der Waals surface area contributed by atoms with Gasteiger partial charge >= 0.3 is 33.6 Å². The summed E-state index contributed by atoms with van der Waals surface area (Å²) in [5.41, 5.74) is 0. The van der Waals surface area contributed by atoms with Crippen molar-refractivity contribution in [2.45, 2.75) is 296 Å². The van der Waals surface area contributed by atoms with Crippen molar-refractivity contribution in [2.24, 2.45) is 0 Å². The first-order valence-corrected chi connectivity index (χ1v) is 39.5. The first-order chi connectivity index (χ1) is 46.2. The lowest BCUT2D eigenvalue weighted by Gasteiger charge is -2.21. The van der Waals surface area contributed by atoms with Gasteiger partial charge in [0.05, 0.1) is 26.4 Å². The topological polar surface area (TPSA) is 231 Å². The molecule has 5 unspecified atom stereocenters. The molecule has 95 heavy (non-hydrogen) atoms. The fourth-order valence-electron chi connectivity index (χ4n) is 9.39. The molecule has 0 saturated heterocycles. The SMILES string of the molecule is CC/C=C\C/C=C\C/C=C\C/C=C\C/C=C\C/C=C\CCC(=O)OCC(COP(=O)(O)OCC(O)COP(=O)(O)OCC(O)COC(=O)CCCCCCCCCCCCCCC/C=C\C/C=C\C/C=C\C/C=C\C/C=C\CC)OC(=O)CCCCCCCCCCCCC. The van der Waals surface area contributed by atoms with Crippen LogP contribution in [0.4, 0.5) is 0 Å². The van der Waals surface area contributed by atoms with E-state index in [1.165, 1.54) is 96.3 Å². The highest BCUT2D eigenvalue weighted by molar-refractivity contribution is 7.47. The molecule has 0 aliphatic carbocycles. The molecule has 0 fully saturated rings. The minimum absolute atomic E-state index is 0.0444. The summed E-state index contributed by atoms with van der Waals surface area (Å²) in [6.45, 7) is 2.34. The van der Waals surface area contributed by atoms with Gasteiger partial charge in [-0.1, -0.05) is 289 Å². The van der Waals surface area contributed by atoms with E-state index in [0.717, 1.165) is 116 Å². The lowest BCUT2D eigenvalue weighted by atomic mass is 10.0. The van der Waals surface area contributed by atoms with Gasteiger partial charge in [-0.05, 0) is 103 Å². The third kappa shape index (κ3) is 70.8. The van der Waals surface area contributed by atoms with Crippen LogP contribution in [-0.2, 0) is 55.8 Å². The van der Waals surface area contributed by atoms with E-state index in [0.29, 0.717) is 25.7 Å². The fraction of sp³-hybridized carbons (Fsp3) is 0.675. The van der Waals surface area contributed by atoms with Crippen LogP contribution in [0.5, 0.6) is 0 Å². The van der Waals surface area contributed by atoms with Gasteiger partial charge in [-0.15, -0.1) is 0 Å². The molecule has 4 N–H and O–H groups in total. The Balaban J connectivity index is 4.49. The summed E-state index contributed by atoms with van der Waals surface area (Å²) in [7, 11) is -9.80. The van der Waals surface area contributed by atoms with E-state index in [2.05, 4.69) is 136 Å². The lowest BCUT2D eigenvalue weighted by Crippen LogP contribution is -2.30. The molecule has 0 rings (SSSR count). The highest BCUT2D eigenvalue weighted by atomic mass is 31.2. The van der Waals surface area contributed by atoms with Gasteiger partial charge in [-0.2, -0.15) is 0 Å². The van der Waals surface area contributed by atoms with Crippen LogP contribution in [-0.4, -0.2) is 95.9 Å². The molecule has 0 bridgehead atoms. The van der Waals surface area contributed by atoms with Gasteiger partial charge in [-0.3, -0.25) is 32.5 Å². The molecule has 0 saturated carbocycles. The summed E-state index contributed by atoms with van der Waals surface area (Å²) in [5, 5.41) is 20.6. The van der Waals surface area contributed by atoms with E-state index in [1.807, 2.05) is 18.2 Å². The van der Waals surface area contributed by atoms with Crippen molar-refractivity contribution in [2.75, 3.05) is 39.6 Å². The highest BCUT2D eigenvalue weighted by Gasteiger charge is 2.29. The molecule has 0 aliphatic heterocycles. The van der Waals surface area contributed by atoms with E-state index in [-0.39, 0.29) is 19.3 Å². The third-order valence-electron chi connectivity index (χ3n) is 14.9. The molecule has 5 atom stereocenters. The van der Waals surface area contributed by atoms with E-state index < -0.39 is 91.5 Å². The summed E-state index contributed by atoms with van der Waals surface area (Å²) in [6, 6.07) is 0. The highest BCUT2D eigenvalue weighted by Crippen LogP contribution is 2.45. The molecule has 16 nitrogen and oxygen atoms in total. The molecule has 0 aromatic carbocycles. The second-order valence-corrected chi connectivity index (χ2v) is 26.9. The molecule has 0 aromatic heterocycles. The molecule has 0 amide bonds. The Labute approximate surface area is 575 Å². The lowest BCUT2D eigenvalue weighted by molar-refractivity contribution is -0.161. The summed E-state index contributed by atoms with van der Waals surface area (Å²) in [5.74, 6) is -1.68. The van der Waals surface area contributed by atoms with Crippen molar-refractivity contribution in [1.29, 1.82) is 0 Å². The normalized spacial score (nSPS) is 14.9. The third-order valence-corrected chi connectivity index (χ3v) is 16.8. The van der Waals surface area contributed by atoms with Crippen LogP contribution >= 0.6 is 15.6 Å². The zero-order chi connectivity index (χ0) is 69.5. The van der Waals surface area contributed by atoms with E-state index >= 15 is 0 Å². The number of hydrogen-bond acceptors (Lipinski definition) is 14. The van der Waals surface area contributed by atoms with Gasteiger partial charge in [0.1, 0.15) is 25.4 Å². The number of aliphatic hydroxyl groups excluding tert-OH is 2. The van der Waals surface area contributed by atoms with Crippen LogP contribution < -0.4 is 0 Å². The largest absolute Gasteiger partial charge is 0.472 e. The average molecular weight is 1370 g/mol. The zero-order valence-corrected chi connectivity index (χ0v) is 60.8. The van der Waals surface area contributed by atoms with Crippen molar-refractivity contribution in [3.05, 3.63) is 134 Å². The molecule has 0 spiro atoms. The molecule has 0 aromatic rings. The van der Waals surface area contributed by atoms with E-state index in [4.69, 9.17) is 32.3 Å². The number of esters is 3. The fourth-order valence-corrected chi connectivity index (χ4v) is 11.0. The second kappa shape index (κ2) is 69.6. The predicted octanol–water partition coefficient (Wildman–Crippen LogP) is 20.8. The Morgan fingerprint density at radius 1 is 0.305 bits per heavy atom. The van der Waals surface area contributed by atoms with Gasteiger partial charge in [0, 0.05) is 19.3 Å². The second-order valence-electron chi connectivity index (χ2n) is 24.0. The number of unbranched alkanes of at least 4 members (excludes halogenated alkanes) is 23. The molecule has 18 heteroatoms. The summed E-state index contributed by atoms with van der Waals surface area (Å²) in [4.78, 5) is 58.3. The first-order valence-electron chi connectivity index (χ1n) is 36.5. The van der Waals surface area contributed by atoms with Gasteiger partial charge in [0.2, 0.25) is 0 Å². The predicted molar refractivity (Wildman–Crippen MR) is 390 cm³/mol. The number of phosphoric acid groups is 2. The van der Waals surface area contributed by atoms with Crippen molar-refractivity contribution in [1.82, 2.24) is 0 Å². The number of carbonyl (C=O) groups is 3. The Morgan fingerprint density at radius 3 is 0.947 bits per heavy atom. The molecular weight excluding hydrogens is 1240 g/mol. The number of ether oxygens (including phenoxy) is 3. The maximum Gasteiger partial charge on any atom is 0.472 e. The van der Waals surface area contributed by atoms with Gasteiger partial charge in [0.15, 0.2) is 6.10 Å². The average Bonchev–Trinajstić information content (AvgIpc) is 2.86. The number of carbonyl (C=O) groups excluding carboxylic acids is 3. The van der Waals surface area contributed by atoms with Crippen LogP contribution in [0, 0.1) is 0 Å². The Bertz CT molecular complexity index is 2260. The van der Waals surface area contributed by atoms with Crippen LogP contribution in [0.15, 0.2) is 134 Å². The van der Waals surface area contributed by atoms with E-state index in [9.17, 15) is 43.5 Å². The summed E-state index contributed by atoms with van der Waals surface area (Å²) >= 11 is 0. The standard InChI is InChI=1S/C77H130O16P2/c1-4-7-10-13-16-19-22-24-26-28-30-31-32-33-34-35-36-37-38-39-41-43-44-46-49-51-54-57-60-63-75(80)87-66-72(78)67-89-94(83,84)90-68-73(79)69-91-95(85,86)92-71-74(93-77(82)65-62-59-56-53-48-21-18-15-12-9-6-3)70-88-76(81)64-61-58-55-52-50-47-45-42-40-29-27-25-23-20-17-14-11-8-5-2/h7-8,10-11,16-17,19-20,24-27,30-31,33-34,40,42,47,50,55,58,72-74,78-79H,4-6,9,12-15,18,21-23,28-29,32,35-39,41,43-46,48-49,51-54,56-57,59-71H2,1-3H3,(H,83,84)(H,85,86)/b10-7-,11-8-,19-16-,20-17-,26-24-,27-25-,31-30-,34-33-,42-40-,50-47-,58-55-. The number of allylic oxidation sites excluding steroid dienone is 22. The van der Waals surface area contributed by atoms with Crippen molar-refractivity contribution in [3.8, 4) is 0 Å². The van der Waals surface area contributed by atoms with E-state index in [1.54, 1.807) is 0 Å². The quantitative estimate of drug-likeness (QED) is 0.0146. The van der Waals surface area contributed by atoms with Crippen LogP contribution in [0.25, 0.3) is 0 Å². The zero-order valence-electron chi connectivity index (χ0n) is 59.0. The van der Waals surface area contributed by atoms with Crippen molar-refractivity contribution < 1.29 is 75.8 Å². The Hall–Kier alpha value is -4.31. The van der Waals surface area contributed by atoms with Gasteiger partial charge in [-0.25, -0.2) is 9.13 Å². The molecule has 0 heterocycles. The van der Waals surface area contributed by atoms with Gasteiger partial charge in [0.25, 0.3) is 0 Å². The van der Waals surface area contributed by atoms with Crippen LogP contribution in [0.3, 0.4) is 0 Å². The van der Waals surface area contributed by atoms with Gasteiger partial charge < -0.3 is 34.2 Å². The molecule has 544 valence electrons.